The number of Topliss-reactive ketones (excluding diaryl/α,β-unsaturated/α-hetero) is 1. The number of thioether (sulfide) groups is 1. The van der Waals surface area contributed by atoms with Crippen LogP contribution < -0.4 is 5.32 Å². The Kier molecular flexibility index (Phi) is 8.78. The van der Waals surface area contributed by atoms with Crippen molar-refractivity contribution in [2.75, 3.05) is 18.8 Å². The first kappa shape index (κ1) is 27.3. The molecule has 3 amide bonds. The summed E-state index contributed by atoms with van der Waals surface area (Å²) in [6.45, 7) is 5.45. The van der Waals surface area contributed by atoms with Gasteiger partial charge in [-0.15, -0.1) is 11.8 Å². The van der Waals surface area contributed by atoms with Gasteiger partial charge in [-0.25, -0.2) is 0 Å². The van der Waals surface area contributed by atoms with Crippen LogP contribution in [0.3, 0.4) is 0 Å². The summed E-state index contributed by atoms with van der Waals surface area (Å²) in [5.74, 6) is -0.709. The van der Waals surface area contributed by atoms with E-state index in [1.807, 2.05) is 74.5 Å². The molecule has 4 rings (SSSR count). The Morgan fingerprint density at radius 3 is 2.29 bits per heavy atom. The number of rotatable bonds is 9. The zero-order chi connectivity index (χ0) is 27.2. The first-order valence-corrected chi connectivity index (χ1v) is 13.7. The normalized spacial score (nSPS) is 18.2. The number of aliphatic imine (C=N–C) groups is 1. The number of amides is 3. The molecule has 2 aromatic rings. The van der Waals surface area contributed by atoms with Gasteiger partial charge in [0.2, 0.25) is 17.6 Å². The van der Waals surface area contributed by atoms with Gasteiger partial charge in [0.15, 0.2) is 0 Å². The summed E-state index contributed by atoms with van der Waals surface area (Å²) < 4.78 is 0. The monoisotopic (exact) mass is 532 g/mol. The molecule has 2 aliphatic rings. The van der Waals surface area contributed by atoms with Crippen LogP contribution in [0.4, 0.5) is 0 Å². The number of benzene rings is 2. The Morgan fingerprint density at radius 2 is 1.71 bits per heavy atom. The quantitative estimate of drug-likeness (QED) is 0.535. The fraction of sp³-hybridized carbons (Fsp3) is 0.345. The fourth-order valence-corrected chi connectivity index (χ4v) is 5.49. The predicted octanol–water partition coefficient (Wildman–Crippen LogP) is 3.14. The molecule has 2 atom stereocenters. The highest BCUT2D eigenvalue weighted by molar-refractivity contribution is 8.16. The van der Waals surface area contributed by atoms with Crippen LogP contribution in [0, 0.1) is 5.92 Å². The first-order valence-electron chi connectivity index (χ1n) is 12.7. The van der Waals surface area contributed by atoms with Crippen LogP contribution in [-0.4, -0.2) is 69.3 Å². The first-order chi connectivity index (χ1) is 18.3. The lowest BCUT2D eigenvalue weighted by atomic mass is 9.97. The summed E-state index contributed by atoms with van der Waals surface area (Å²) in [6.07, 6.45) is 1.96. The number of nitrogens with one attached hydrogen (secondary N) is 1. The SMILES string of the molecule is CC(=O)N1C=C(c2ccccc2)N(CC(=O)N[C@@H](Cc2ccccc2)C(=O)C2=NCCS2)C(=O)C1C(C)C. The predicted molar refractivity (Wildman–Crippen MR) is 149 cm³/mol. The lowest BCUT2D eigenvalue weighted by Gasteiger charge is -2.40. The Hall–Kier alpha value is -3.72. The van der Waals surface area contributed by atoms with Gasteiger partial charge in [-0.05, 0) is 17.0 Å². The van der Waals surface area contributed by atoms with E-state index in [2.05, 4.69) is 10.3 Å². The maximum atomic E-state index is 13.7. The molecule has 38 heavy (non-hydrogen) atoms. The Morgan fingerprint density at radius 1 is 1.05 bits per heavy atom. The molecule has 0 spiro atoms. The molecule has 0 saturated carbocycles. The van der Waals surface area contributed by atoms with Gasteiger partial charge in [0, 0.05) is 31.8 Å². The van der Waals surface area contributed by atoms with E-state index in [4.69, 9.17) is 0 Å². The van der Waals surface area contributed by atoms with Crippen LogP contribution in [-0.2, 0) is 25.6 Å². The molecular weight excluding hydrogens is 500 g/mol. The van der Waals surface area contributed by atoms with Crippen molar-refractivity contribution in [3.63, 3.8) is 0 Å². The topological polar surface area (TPSA) is 99.2 Å². The lowest BCUT2D eigenvalue weighted by molar-refractivity contribution is -0.144. The highest BCUT2D eigenvalue weighted by Crippen LogP contribution is 2.30. The van der Waals surface area contributed by atoms with Crippen molar-refractivity contribution >= 4 is 46.0 Å². The third kappa shape index (κ3) is 6.22. The van der Waals surface area contributed by atoms with E-state index >= 15 is 0 Å². The molecule has 0 bridgehead atoms. The van der Waals surface area contributed by atoms with E-state index in [1.54, 1.807) is 6.20 Å². The number of hydrogen-bond donors (Lipinski definition) is 1. The smallest absolute Gasteiger partial charge is 0.250 e. The number of carbonyl (C=O) groups excluding carboxylic acids is 4. The van der Waals surface area contributed by atoms with Crippen molar-refractivity contribution in [2.45, 2.75) is 39.3 Å². The van der Waals surface area contributed by atoms with Crippen molar-refractivity contribution in [2.24, 2.45) is 10.9 Å². The molecule has 0 radical (unpaired) electrons. The van der Waals surface area contributed by atoms with Gasteiger partial charge < -0.3 is 10.2 Å². The van der Waals surface area contributed by atoms with E-state index < -0.39 is 18.0 Å². The maximum absolute atomic E-state index is 13.7. The molecule has 0 aromatic heterocycles. The molecule has 1 unspecified atom stereocenters. The minimum Gasteiger partial charge on any atom is -0.344 e. The second kappa shape index (κ2) is 12.2. The fourth-order valence-electron chi connectivity index (χ4n) is 4.65. The number of hydrogen-bond acceptors (Lipinski definition) is 6. The van der Waals surface area contributed by atoms with Gasteiger partial charge in [-0.1, -0.05) is 74.5 Å². The van der Waals surface area contributed by atoms with E-state index in [0.717, 1.165) is 11.3 Å². The van der Waals surface area contributed by atoms with Crippen molar-refractivity contribution in [3.05, 3.63) is 78.0 Å². The van der Waals surface area contributed by atoms with Crippen LogP contribution in [0.25, 0.3) is 5.70 Å². The second-order valence-electron chi connectivity index (χ2n) is 9.63. The highest BCUT2D eigenvalue weighted by atomic mass is 32.2. The summed E-state index contributed by atoms with van der Waals surface area (Å²) in [5.41, 5.74) is 2.07. The Bertz CT molecular complexity index is 1260. The molecule has 2 aliphatic heterocycles. The van der Waals surface area contributed by atoms with Crippen LogP contribution in [0.5, 0.6) is 0 Å². The highest BCUT2D eigenvalue weighted by Gasteiger charge is 2.40. The third-order valence-corrected chi connectivity index (χ3v) is 7.46. The third-order valence-electron chi connectivity index (χ3n) is 6.47. The van der Waals surface area contributed by atoms with Gasteiger partial charge in [0.25, 0.3) is 5.91 Å². The Labute approximate surface area is 227 Å². The van der Waals surface area contributed by atoms with E-state index in [9.17, 15) is 19.2 Å². The molecule has 1 N–H and O–H groups in total. The minimum atomic E-state index is -0.812. The molecule has 198 valence electrons. The molecule has 0 aliphatic carbocycles. The van der Waals surface area contributed by atoms with E-state index in [1.165, 1.54) is 28.5 Å². The lowest BCUT2D eigenvalue weighted by Crippen LogP contribution is -2.56. The van der Waals surface area contributed by atoms with Crippen molar-refractivity contribution in [1.82, 2.24) is 15.1 Å². The standard InChI is InChI=1S/C29H32N4O4S/c1-19(2)26-29(37)33(24(17-32(26)20(3)34)22-12-8-5-9-13-22)18-25(35)31-23(16-21-10-6-4-7-11-21)27(36)28-30-14-15-38-28/h4-13,17,19,23,26H,14-16,18H2,1-3H3,(H,31,35)/t23-,26?/m0/s1. The van der Waals surface area contributed by atoms with E-state index in [0.29, 0.717) is 29.3 Å². The average Bonchev–Trinajstić information content (AvgIpc) is 3.44. The van der Waals surface area contributed by atoms with Gasteiger partial charge >= 0.3 is 0 Å². The maximum Gasteiger partial charge on any atom is 0.250 e. The number of carbonyl (C=O) groups is 4. The van der Waals surface area contributed by atoms with E-state index in [-0.39, 0.29) is 30.1 Å². The summed E-state index contributed by atoms with van der Waals surface area (Å²) in [5, 5.41) is 3.29. The zero-order valence-corrected chi connectivity index (χ0v) is 22.6. The summed E-state index contributed by atoms with van der Waals surface area (Å²) in [6, 6.07) is 17.1. The minimum absolute atomic E-state index is 0.171. The average molecular weight is 533 g/mol. The molecule has 2 aromatic carbocycles. The van der Waals surface area contributed by atoms with Crippen LogP contribution >= 0.6 is 11.8 Å². The van der Waals surface area contributed by atoms with Gasteiger partial charge in [-0.3, -0.25) is 29.1 Å². The van der Waals surface area contributed by atoms with Crippen molar-refractivity contribution in [3.8, 4) is 0 Å². The van der Waals surface area contributed by atoms with Crippen molar-refractivity contribution in [1.29, 1.82) is 0 Å². The molecular formula is C29H32N4O4S. The number of ketones is 1. The molecule has 0 fully saturated rings. The number of nitrogens with zero attached hydrogens (tertiary/aromatic N) is 3. The second-order valence-corrected chi connectivity index (χ2v) is 10.7. The molecule has 8 nitrogen and oxygen atoms in total. The van der Waals surface area contributed by atoms with Crippen LogP contribution in [0.1, 0.15) is 31.9 Å². The zero-order valence-electron chi connectivity index (χ0n) is 21.8. The van der Waals surface area contributed by atoms with Crippen LogP contribution in [0.15, 0.2) is 71.9 Å². The summed E-state index contributed by atoms with van der Waals surface area (Å²) in [4.78, 5) is 60.1. The van der Waals surface area contributed by atoms with Gasteiger partial charge in [0.05, 0.1) is 11.7 Å². The summed E-state index contributed by atoms with van der Waals surface area (Å²) >= 11 is 1.39. The molecule has 2 heterocycles. The largest absolute Gasteiger partial charge is 0.344 e. The van der Waals surface area contributed by atoms with Crippen molar-refractivity contribution < 1.29 is 19.2 Å². The van der Waals surface area contributed by atoms with Crippen LogP contribution in [0.2, 0.25) is 0 Å². The van der Waals surface area contributed by atoms with Gasteiger partial charge in [0.1, 0.15) is 17.6 Å². The summed E-state index contributed by atoms with van der Waals surface area (Å²) in [7, 11) is 0. The molecule has 0 saturated heterocycles. The Balaban J connectivity index is 1.62. The molecule has 9 heteroatoms. The van der Waals surface area contributed by atoms with Gasteiger partial charge in [-0.2, -0.15) is 0 Å².